The number of hydrogen-bond acceptors (Lipinski definition) is 4. The minimum atomic E-state index is -1.54. The molecule has 0 heterocycles. The molecule has 0 N–H and O–H groups in total. The first kappa shape index (κ1) is 11.3. The Hall–Kier alpha value is -1.32. The van der Waals surface area contributed by atoms with Crippen molar-refractivity contribution >= 4 is 22.8 Å². The standard InChI is InChI=1S/C18H28N4/c1-3-7-15(8-4-1)19-21-17-11-13-18(14-12-17)22-20-16-9-5-2-6-10-16/h1-14H2/i3D2,4D2. The summed E-state index contributed by atoms with van der Waals surface area (Å²) >= 11 is 0. The summed E-state index contributed by atoms with van der Waals surface area (Å²) in [6, 6.07) is 0. The van der Waals surface area contributed by atoms with Gasteiger partial charge in [-0.2, -0.15) is 20.4 Å². The monoisotopic (exact) mass is 304 g/mol. The quantitative estimate of drug-likeness (QED) is 0.639. The van der Waals surface area contributed by atoms with Gasteiger partial charge in [-0.1, -0.05) is 12.8 Å². The van der Waals surface area contributed by atoms with E-state index in [-0.39, 0.29) is 19.3 Å². The van der Waals surface area contributed by atoms with E-state index in [4.69, 9.17) is 5.48 Å². The van der Waals surface area contributed by atoms with Crippen LogP contribution in [0.1, 0.15) is 95.3 Å². The third kappa shape index (κ3) is 4.85. The van der Waals surface area contributed by atoms with Crippen molar-refractivity contribution in [2.24, 2.45) is 20.4 Å². The van der Waals surface area contributed by atoms with Crippen molar-refractivity contribution in [2.75, 3.05) is 0 Å². The normalized spacial score (nSPS) is 30.5. The van der Waals surface area contributed by atoms with Crippen LogP contribution in [-0.4, -0.2) is 22.8 Å². The smallest absolute Gasteiger partial charge is 0.0413 e. The van der Waals surface area contributed by atoms with Gasteiger partial charge in [-0.3, -0.25) is 0 Å². The van der Waals surface area contributed by atoms with Crippen molar-refractivity contribution in [3.05, 3.63) is 0 Å². The Morgan fingerprint density at radius 1 is 0.455 bits per heavy atom. The highest BCUT2D eigenvalue weighted by molar-refractivity contribution is 5.99. The Morgan fingerprint density at radius 3 is 1.36 bits per heavy atom. The molecule has 3 fully saturated rings. The largest absolute Gasteiger partial charge is 0.160 e. The third-order valence-electron chi connectivity index (χ3n) is 4.41. The summed E-state index contributed by atoms with van der Waals surface area (Å²) in [6.45, 7) is 0. The van der Waals surface area contributed by atoms with Crippen LogP contribution >= 0.6 is 0 Å². The number of rotatable bonds is 2. The molecule has 0 saturated heterocycles. The Morgan fingerprint density at radius 2 is 0.864 bits per heavy atom. The summed E-state index contributed by atoms with van der Waals surface area (Å²) in [6.07, 6.45) is 6.46. The van der Waals surface area contributed by atoms with Gasteiger partial charge in [-0.25, -0.2) is 0 Å². The van der Waals surface area contributed by atoms with E-state index >= 15 is 0 Å². The fourth-order valence-electron chi connectivity index (χ4n) is 3.01. The molecule has 4 nitrogen and oxygen atoms in total. The number of hydrogen-bond donors (Lipinski definition) is 0. The first-order valence-electron chi connectivity index (χ1n) is 10.5. The maximum absolute atomic E-state index is 7.86. The Balaban J connectivity index is 1.56. The molecule has 0 aromatic carbocycles. The van der Waals surface area contributed by atoms with Crippen LogP contribution in [0.3, 0.4) is 0 Å². The lowest BCUT2D eigenvalue weighted by atomic mass is 9.96. The van der Waals surface area contributed by atoms with E-state index in [2.05, 4.69) is 20.4 Å². The van der Waals surface area contributed by atoms with Gasteiger partial charge in [0.2, 0.25) is 0 Å². The maximum atomic E-state index is 7.86. The summed E-state index contributed by atoms with van der Waals surface area (Å²) in [5, 5.41) is 17.4. The zero-order chi connectivity index (χ0) is 18.6. The molecule has 0 aromatic heterocycles. The highest BCUT2D eigenvalue weighted by atomic mass is 15.2. The predicted octanol–water partition coefficient (Wildman–Crippen LogP) is 5.08. The SMILES string of the molecule is [2H]C1([2H])CC(=NN=C2CCC(=NN=C3CCCCC3)CC2)CC([2H])([2H])C1. The highest BCUT2D eigenvalue weighted by Crippen LogP contribution is 2.18. The second kappa shape index (κ2) is 8.35. The summed E-state index contributed by atoms with van der Waals surface area (Å²) in [4.78, 5) is 0. The van der Waals surface area contributed by atoms with Crippen molar-refractivity contribution in [2.45, 2.75) is 89.8 Å². The number of nitrogens with zero attached hydrogens (tertiary/aromatic N) is 4. The van der Waals surface area contributed by atoms with Crippen molar-refractivity contribution in [1.29, 1.82) is 0 Å². The zero-order valence-electron chi connectivity index (χ0n) is 17.3. The van der Waals surface area contributed by atoms with Gasteiger partial charge in [-0.15, -0.1) is 0 Å². The molecule has 0 aromatic rings. The van der Waals surface area contributed by atoms with E-state index in [9.17, 15) is 0 Å². The topological polar surface area (TPSA) is 49.4 Å². The summed E-state index contributed by atoms with van der Waals surface area (Å²) in [5.41, 5.74) is 3.88. The van der Waals surface area contributed by atoms with Crippen molar-refractivity contribution in [1.82, 2.24) is 0 Å². The van der Waals surface area contributed by atoms with Crippen molar-refractivity contribution in [3.63, 3.8) is 0 Å². The molecule has 4 heteroatoms. The summed E-state index contributed by atoms with van der Waals surface area (Å²) < 4.78 is 31.4. The molecule has 0 amide bonds. The molecular formula is C18H28N4. The second-order valence-corrected chi connectivity index (χ2v) is 6.26. The molecular weight excluding hydrogens is 272 g/mol. The minimum absolute atomic E-state index is 0.0715. The van der Waals surface area contributed by atoms with Gasteiger partial charge < -0.3 is 0 Å². The van der Waals surface area contributed by atoms with Gasteiger partial charge in [0.25, 0.3) is 0 Å². The molecule has 0 atom stereocenters. The van der Waals surface area contributed by atoms with E-state index in [1.165, 1.54) is 25.0 Å². The van der Waals surface area contributed by atoms with Crippen LogP contribution < -0.4 is 0 Å². The summed E-state index contributed by atoms with van der Waals surface area (Å²) in [5.74, 6) is 0. The Kier molecular flexibility index (Phi) is 4.27. The van der Waals surface area contributed by atoms with Gasteiger partial charge in [0.15, 0.2) is 0 Å². The average Bonchev–Trinajstić information content (AvgIpc) is 2.57. The van der Waals surface area contributed by atoms with Crippen LogP contribution in [-0.2, 0) is 0 Å². The van der Waals surface area contributed by atoms with Crippen LogP contribution in [0.15, 0.2) is 20.4 Å². The lowest BCUT2D eigenvalue weighted by molar-refractivity contribution is 0.663. The van der Waals surface area contributed by atoms with E-state index in [1.54, 1.807) is 0 Å². The van der Waals surface area contributed by atoms with E-state index in [1.807, 2.05) is 0 Å². The molecule has 0 bridgehead atoms. The average molecular weight is 304 g/mol. The molecule has 0 aliphatic heterocycles. The maximum Gasteiger partial charge on any atom is 0.0413 e. The molecule has 3 aliphatic carbocycles. The zero-order valence-corrected chi connectivity index (χ0v) is 13.3. The van der Waals surface area contributed by atoms with Gasteiger partial charge >= 0.3 is 0 Å². The molecule has 3 saturated carbocycles. The van der Waals surface area contributed by atoms with Crippen LogP contribution in [0.4, 0.5) is 0 Å². The molecule has 120 valence electrons. The Bertz CT molecular complexity index is 612. The molecule has 0 unspecified atom stereocenters. The van der Waals surface area contributed by atoms with Crippen LogP contribution in [0.5, 0.6) is 0 Å². The molecule has 22 heavy (non-hydrogen) atoms. The second-order valence-electron chi connectivity index (χ2n) is 6.26. The Labute approximate surface area is 139 Å². The molecule has 0 radical (unpaired) electrons. The molecule has 3 rings (SSSR count). The minimum Gasteiger partial charge on any atom is -0.160 e. The fourth-order valence-corrected chi connectivity index (χ4v) is 3.01. The van der Waals surface area contributed by atoms with Crippen LogP contribution in [0, 0.1) is 0 Å². The lowest BCUT2D eigenvalue weighted by Gasteiger charge is -2.15. The van der Waals surface area contributed by atoms with Crippen LogP contribution in [0.2, 0.25) is 0 Å². The van der Waals surface area contributed by atoms with Crippen LogP contribution in [0.25, 0.3) is 0 Å². The first-order valence-corrected chi connectivity index (χ1v) is 8.54. The van der Waals surface area contributed by atoms with Gasteiger partial charge in [-0.05, 0) is 77.0 Å². The van der Waals surface area contributed by atoms with E-state index < -0.39 is 12.7 Å². The predicted molar refractivity (Wildman–Crippen MR) is 94.4 cm³/mol. The van der Waals surface area contributed by atoms with Gasteiger partial charge in [0.1, 0.15) is 0 Å². The van der Waals surface area contributed by atoms with Crippen molar-refractivity contribution < 1.29 is 5.48 Å². The lowest BCUT2D eigenvalue weighted by Crippen LogP contribution is -2.14. The highest BCUT2D eigenvalue weighted by Gasteiger charge is 2.14. The third-order valence-corrected chi connectivity index (χ3v) is 4.41. The van der Waals surface area contributed by atoms with E-state index in [0.29, 0.717) is 5.71 Å². The van der Waals surface area contributed by atoms with E-state index in [0.717, 1.165) is 49.9 Å². The van der Waals surface area contributed by atoms with Gasteiger partial charge in [0, 0.05) is 28.3 Å². The summed E-state index contributed by atoms with van der Waals surface area (Å²) in [7, 11) is 0. The van der Waals surface area contributed by atoms with Gasteiger partial charge in [0.05, 0.1) is 0 Å². The van der Waals surface area contributed by atoms with Crippen molar-refractivity contribution in [3.8, 4) is 0 Å². The molecule has 0 spiro atoms. The fraction of sp³-hybridized carbons (Fsp3) is 0.778. The first-order chi connectivity index (χ1) is 12.3. The molecule has 3 aliphatic rings.